The van der Waals surface area contributed by atoms with Gasteiger partial charge in [0.05, 0.1) is 0 Å². The van der Waals surface area contributed by atoms with Crippen LogP contribution in [0.4, 0.5) is 0 Å². The molecule has 0 aromatic heterocycles. The summed E-state index contributed by atoms with van der Waals surface area (Å²) in [4.78, 5) is 0. The van der Waals surface area contributed by atoms with Gasteiger partial charge in [0.25, 0.3) is 0 Å². The highest BCUT2D eigenvalue weighted by molar-refractivity contribution is 6.60. The minimum Gasteiger partial charge on any atom is -0.412 e. The molecular formula is C19H37OSi. The molecule has 0 bridgehead atoms. The summed E-state index contributed by atoms with van der Waals surface area (Å²) in [5, 5.41) is 1.67. The third-order valence-corrected chi connectivity index (χ3v) is 7.20. The summed E-state index contributed by atoms with van der Waals surface area (Å²) in [7, 11) is -0.586. The van der Waals surface area contributed by atoms with Crippen molar-refractivity contribution in [2.24, 2.45) is 0 Å². The zero-order valence-electron chi connectivity index (χ0n) is 14.6. The van der Waals surface area contributed by atoms with Crippen LogP contribution < -0.4 is 0 Å². The molecule has 1 aliphatic heterocycles. The van der Waals surface area contributed by atoms with E-state index in [2.05, 4.69) is 19.9 Å². The lowest BCUT2D eigenvalue weighted by molar-refractivity contribution is 0.291. The van der Waals surface area contributed by atoms with Crippen LogP contribution in [0.1, 0.15) is 97.3 Å². The molecule has 2 heteroatoms. The van der Waals surface area contributed by atoms with Gasteiger partial charge >= 0.3 is 0 Å². The highest BCUT2D eigenvalue weighted by Gasteiger charge is 2.20. The topological polar surface area (TPSA) is 9.23 Å². The standard InChI is InChI=1S/C19H37OSi/c1-3-5-6-7-8-9-10-11-12-13-16-19(4-2)21-18-15-14-17-20-21/h4H,3,5-18H2,1-2H3/b19-4-. The van der Waals surface area contributed by atoms with Gasteiger partial charge in [0.2, 0.25) is 9.04 Å². The minimum absolute atomic E-state index is 0.586. The summed E-state index contributed by atoms with van der Waals surface area (Å²) in [6.07, 6.45) is 20.6. The SMILES string of the molecule is C/C=C(/CCCCCCCCCCCC)[Si]1CCCCO1. The first-order chi connectivity index (χ1) is 10.4. The average Bonchev–Trinajstić information content (AvgIpc) is 2.54. The number of hydrogen-bond acceptors (Lipinski definition) is 1. The van der Waals surface area contributed by atoms with E-state index in [1.54, 1.807) is 5.20 Å². The predicted octanol–water partition coefficient (Wildman–Crippen LogP) is 6.58. The zero-order valence-corrected chi connectivity index (χ0v) is 15.6. The van der Waals surface area contributed by atoms with Crippen molar-refractivity contribution in [2.45, 2.75) is 103 Å². The van der Waals surface area contributed by atoms with E-state index >= 15 is 0 Å². The van der Waals surface area contributed by atoms with Crippen molar-refractivity contribution in [3.8, 4) is 0 Å². The molecule has 1 rings (SSSR count). The van der Waals surface area contributed by atoms with Crippen LogP contribution in [0.3, 0.4) is 0 Å². The lowest BCUT2D eigenvalue weighted by atomic mass is 10.1. The summed E-state index contributed by atoms with van der Waals surface area (Å²) in [6.45, 7) is 5.52. The smallest absolute Gasteiger partial charge is 0.242 e. The van der Waals surface area contributed by atoms with Crippen LogP contribution in [0.15, 0.2) is 11.3 Å². The van der Waals surface area contributed by atoms with Crippen LogP contribution in [0, 0.1) is 0 Å². The van der Waals surface area contributed by atoms with Gasteiger partial charge < -0.3 is 4.43 Å². The molecule has 21 heavy (non-hydrogen) atoms. The van der Waals surface area contributed by atoms with Crippen LogP contribution in [-0.4, -0.2) is 15.6 Å². The summed E-state index contributed by atoms with van der Waals surface area (Å²) in [5.41, 5.74) is 0. The second-order valence-corrected chi connectivity index (χ2v) is 8.75. The zero-order chi connectivity index (χ0) is 15.2. The maximum Gasteiger partial charge on any atom is 0.242 e. The fourth-order valence-electron chi connectivity index (χ4n) is 3.16. The van der Waals surface area contributed by atoms with Gasteiger partial charge in [-0.25, -0.2) is 0 Å². The first-order valence-corrected chi connectivity index (χ1v) is 11.1. The average molecular weight is 310 g/mol. The molecule has 1 heterocycles. The van der Waals surface area contributed by atoms with E-state index in [1.807, 2.05) is 0 Å². The summed E-state index contributed by atoms with van der Waals surface area (Å²) in [6, 6.07) is 1.35. The lowest BCUT2D eigenvalue weighted by Gasteiger charge is -2.22. The van der Waals surface area contributed by atoms with Gasteiger partial charge in [-0.1, -0.05) is 82.4 Å². The lowest BCUT2D eigenvalue weighted by Crippen LogP contribution is -2.26. The van der Waals surface area contributed by atoms with Crippen molar-refractivity contribution < 1.29 is 4.43 Å². The molecule has 0 aromatic rings. The van der Waals surface area contributed by atoms with Gasteiger partial charge in [-0.2, -0.15) is 0 Å². The molecule has 1 fully saturated rings. The number of rotatable bonds is 12. The molecule has 0 aromatic carbocycles. The first-order valence-electron chi connectivity index (χ1n) is 9.52. The van der Waals surface area contributed by atoms with Gasteiger partial charge in [-0.05, 0) is 32.2 Å². The molecule has 1 nitrogen and oxygen atoms in total. The maximum atomic E-state index is 6.01. The van der Waals surface area contributed by atoms with E-state index in [9.17, 15) is 0 Å². The molecule has 0 unspecified atom stereocenters. The van der Waals surface area contributed by atoms with Crippen molar-refractivity contribution in [3.05, 3.63) is 11.3 Å². The molecule has 1 radical (unpaired) electrons. The second-order valence-electron chi connectivity index (χ2n) is 6.47. The van der Waals surface area contributed by atoms with E-state index in [1.165, 1.54) is 89.5 Å². The molecule has 0 saturated carbocycles. The highest BCUT2D eigenvalue weighted by atomic mass is 28.3. The van der Waals surface area contributed by atoms with Crippen LogP contribution in [0.25, 0.3) is 0 Å². The summed E-state index contributed by atoms with van der Waals surface area (Å²) >= 11 is 0. The number of hydrogen-bond donors (Lipinski definition) is 0. The Morgan fingerprint density at radius 2 is 1.52 bits per heavy atom. The van der Waals surface area contributed by atoms with Crippen LogP contribution >= 0.6 is 0 Å². The third kappa shape index (κ3) is 9.52. The molecular weight excluding hydrogens is 272 g/mol. The Morgan fingerprint density at radius 1 is 0.905 bits per heavy atom. The van der Waals surface area contributed by atoms with Crippen LogP contribution in [0.5, 0.6) is 0 Å². The van der Waals surface area contributed by atoms with Crippen molar-refractivity contribution in [3.63, 3.8) is 0 Å². The fourth-order valence-corrected chi connectivity index (χ4v) is 5.55. The van der Waals surface area contributed by atoms with E-state index in [4.69, 9.17) is 4.43 Å². The van der Waals surface area contributed by atoms with Gasteiger partial charge in [0.15, 0.2) is 0 Å². The summed E-state index contributed by atoms with van der Waals surface area (Å²) in [5.74, 6) is 0. The largest absolute Gasteiger partial charge is 0.412 e. The molecule has 0 N–H and O–H groups in total. The number of allylic oxidation sites excluding steroid dienone is 2. The minimum atomic E-state index is -0.586. The van der Waals surface area contributed by atoms with Gasteiger partial charge in [0.1, 0.15) is 0 Å². The van der Waals surface area contributed by atoms with Gasteiger partial charge in [-0.15, -0.1) is 0 Å². The van der Waals surface area contributed by atoms with E-state index in [-0.39, 0.29) is 0 Å². The predicted molar refractivity (Wildman–Crippen MR) is 96.0 cm³/mol. The monoisotopic (exact) mass is 309 g/mol. The molecule has 0 amide bonds. The molecule has 1 saturated heterocycles. The Hall–Kier alpha value is -0.0831. The Kier molecular flexibility index (Phi) is 12.3. The van der Waals surface area contributed by atoms with E-state index in [0.29, 0.717) is 0 Å². The highest BCUT2D eigenvalue weighted by Crippen LogP contribution is 2.22. The van der Waals surface area contributed by atoms with Crippen LogP contribution in [-0.2, 0) is 4.43 Å². The first kappa shape index (κ1) is 19.0. The maximum absolute atomic E-state index is 6.01. The molecule has 0 atom stereocenters. The van der Waals surface area contributed by atoms with Crippen molar-refractivity contribution >= 4 is 9.04 Å². The fraction of sp³-hybridized carbons (Fsp3) is 0.895. The molecule has 123 valence electrons. The Balaban J connectivity index is 1.92. The van der Waals surface area contributed by atoms with Crippen molar-refractivity contribution in [2.75, 3.05) is 6.61 Å². The van der Waals surface area contributed by atoms with Crippen molar-refractivity contribution in [1.82, 2.24) is 0 Å². The van der Waals surface area contributed by atoms with E-state index < -0.39 is 9.04 Å². The molecule has 0 spiro atoms. The second kappa shape index (κ2) is 13.6. The normalized spacial score (nSPS) is 17.3. The Bertz CT molecular complexity index is 256. The van der Waals surface area contributed by atoms with Crippen LogP contribution in [0.2, 0.25) is 6.04 Å². The third-order valence-electron chi connectivity index (χ3n) is 4.58. The molecule has 1 aliphatic rings. The van der Waals surface area contributed by atoms with Gasteiger partial charge in [0, 0.05) is 6.61 Å². The Labute approximate surface area is 135 Å². The van der Waals surface area contributed by atoms with Crippen molar-refractivity contribution in [1.29, 1.82) is 0 Å². The van der Waals surface area contributed by atoms with E-state index in [0.717, 1.165) is 6.61 Å². The van der Waals surface area contributed by atoms with Gasteiger partial charge in [-0.3, -0.25) is 0 Å². The molecule has 0 aliphatic carbocycles. The quantitative estimate of drug-likeness (QED) is 0.292. The Morgan fingerprint density at radius 3 is 2.05 bits per heavy atom. The number of unbranched alkanes of at least 4 members (excludes halogenated alkanes) is 9. The summed E-state index contributed by atoms with van der Waals surface area (Å²) < 4.78 is 6.01.